The molecule has 1 aromatic heterocycles. The molecule has 0 amide bonds. The maximum Gasteiger partial charge on any atom is 0.358 e. The van der Waals surface area contributed by atoms with Crippen LogP contribution in [0.2, 0.25) is 0 Å². The van der Waals surface area contributed by atoms with Gasteiger partial charge in [0.25, 0.3) is 0 Å². The van der Waals surface area contributed by atoms with Gasteiger partial charge in [-0.1, -0.05) is 11.3 Å². The molecule has 8 nitrogen and oxygen atoms in total. The van der Waals surface area contributed by atoms with E-state index in [2.05, 4.69) is 10.3 Å². The molecular weight excluding hydrogens is 254 g/mol. The molecule has 3 atom stereocenters. The Hall–Kier alpha value is -1.77. The Balaban J connectivity index is 2.17. The van der Waals surface area contributed by atoms with Gasteiger partial charge in [0.1, 0.15) is 12.1 Å². The summed E-state index contributed by atoms with van der Waals surface area (Å²) in [6.45, 7) is 2.10. The molecule has 1 aliphatic heterocycles. The van der Waals surface area contributed by atoms with E-state index in [4.69, 9.17) is 14.6 Å². The molecule has 0 unspecified atom stereocenters. The van der Waals surface area contributed by atoms with Gasteiger partial charge in [-0.25, -0.2) is 9.48 Å². The van der Waals surface area contributed by atoms with E-state index in [1.165, 1.54) is 10.9 Å². The van der Waals surface area contributed by atoms with Crippen LogP contribution in [0.5, 0.6) is 0 Å². The van der Waals surface area contributed by atoms with E-state index in [0.717, 1.165) is 0 Å². The van der Waals surface area contributed by atoms with Crippen LogP contribution in [0.1, 0.15) is 23.5 Å². The number of hydrogen-bond donors (Lipinski definition) is 2. The predicted octanol–water partition coefficient (Wildman–Crippen LogP) is -0.173. The average Bonchev–Trinajstić information content (AvgIpc) is 2.88. The molecular formula is C11H15N3O5. The van der Waals surface area contributed by atoms with Crippen molar-refractivity contribution in [1.29, 1.82) is 0 Å². The number of carbonyl (C=O) groups is 1. The Morgan fingerprint density at radius 1 is 1.58 bits per heavy atom. The Bertz CT molecular complexity index is 473. The van der Waals surface area contributed by atoms with Crippen LogP contribution in [-0.4, -0.2) is 56.8 Å². The standard InChI is InChI=1S/C11H15N3O5/c1-2-18-10-4-3-8(9(6-15)19-10)14-5-7(11(16)17)12-13-14/h3-5,8-10,15H,2,6H2,1H3,(H,16,17)/t8-,9+,10-/m0/s1. The van der Waals surface area contributed by atoms with Gasteiger partial charge in [0.05, 0.1) is 12.8 Å². The molecule has 8 heteroatoms. The van der Waals surface area contributed by atoms with Crippen LogP contribution in [0.15, 0.2) is 18.3 Å². The zero-order valence-corrected chi connectivity index (χ0v) is 10.3. The van der Waals surface area contributed by atoms with Crippen LogP contribution in [0.4, 0.5) is 0 Å². The van der Waals surface area contributed by atoms with E-state index in [0.29, 0.717) is 6.61 Å². The molecule has 2 rings (SSSR count). The highest BCUT2D eigenvalue weighted by atomic mass is 16.7. The highest BCUT2D eigenvalue weighted by Crippen LogP contribution is 2.23. The maximum absolute atomic E-state index is 10.8. The Morgan fingerprint density at radius 3 is 2.95 bits per heavy atom. The lowest BCUT2D eigenvalue weighted by atomic mass is 10.1. The second kappa shape index (κ2) is 5.91. The van der Waals surface area contributed by atoms with Crippen molar-refractivity contribution >= 4 is 5.97 Å². The van der Waals surface area contributed by atoms with Crippen LogP contribution in [-0.2, 0) is 9.47 Å². The number of carboxylic acids is 1. The number of aliphatic hydroxyl groups excluding tert-OH is 1. The molecule has 1 aromatic rings. The molecule has 0 aromatic carbocycles. The third-order valence-corrected chi connectivity index (χ3v) is 2.70. The number of carboxylic acid groups (broad SMARTS) is 1. The quantitative estimate of drug-likeness (QED) is 0.714. The molecule has 0 spiro atoms. The van der Waals surface area contributed by atoms with Crippen molar-refractivity contribution in [3.63, 3.8) is 0 Å². The summed E-state index contributed by atoms with van der Waals surface area (Å²) in [5.74, 6) is -1.15. The molecule has 2 N–H and O–H groups in total. The number of ether oxygens (including phenoxy) is 2. The van der Waals surface area contributed by atoms with Crippen LogP contribution >= 0.6 is 0 Å². The molecule has 2 heterocycles. The van der Waals surface area contributed by atoms with Crippen molar-refractivity contribution in [2.75, 3.05) is 13.2 Å². The van der Waals surface area contributed by atoms with Crippen molar-refractivity contribution in [1.82, 2.24) is 15.0 Å². The van der Waals surface area contributed by atoms with Gasteiger partial charge in [-0.15, -0.1) is 5.10 Å². The van der Waals surface area contributed by atoms with Gasteiger partial charge in [-0.3, -0.25) is 0 Å². The molecule has 19 heavy (non-hydrogen) atoms. The lowest BCUT2D eigenvalue weighted by Crippen LogP contribution is -2.37. The fourth-order valence-corrected chi connectivity index (χ4v) is 1.82. The Labute approximate surface area is 109 Å². The van der Waals surface area contributed by atoms with Crippen LogP contribution in [0, 0.1) is 0 Å². The Morgan fingerprint density at radius 2 is 2.37 bits per heavy atom. The normalized spacial score (nSPS) is 26.5. The number of aromatic carboxylic acids is 1. The summed E-state index contributed by atoms with van der Waals surface area (Å²) in [7, 11) is 0. The van der Waals surface area contributed by atoms with E-state index in [1.54, 1.807) is 12.2 Å². The average molecular weight is 269 g/mol. The minimum absolute atomic E-state index is 0.156. The maximum atomic E-state index is 10.8. The van der Waals surface area contributed by atoms with Crippen LogP contribution < -0.4 is 0 Å². The van der Waals surface area contributed by atoms with Crippen LogP contribution in [0.3, 0.4) is 0 Å². The smallest absolute Gasteiger partial charge is 0.358 e. The minimum Gasteiger partial charge on any atom is -0.476 e. The molecule has 0 saturated carbocycles. The first kappa shape index (κ1) is 13.7. The minimum atomic E-state index is -1.15. The summed E-state index contributed by atoms with van der Waals surface area (Å²) < 4.78 is 12.2. The first-order chi connectivity index (χ1) is 9.15. The second-order valence-electron chi connectivity index (χ2n) is 3.95. The van der Waals surface area contributed by atoms with Crippen LogP contribution in [0.25, 0.3) is 0 Å². The zero-order valence-electron chi connectivity index (χ0n) is 10.3. The first-order valence-corrected chi connectivity index (χ1v) is 5.87. The summed E-state index contributed by atoms with van der Waals surface area (Å²) in [6.07, 6.45) is 3.67. The molecule has 1 aliphatic rings. The molecule has 0 saturated heterocycles. The summed E-state index contributed by atoms with van der Waals surface area (Å²) in [6, 6.07) is -0.415. The number of aromatic nitrogens is 3. The fraction of sp³-hybridized carbons (Fsp3) is 0.545. The third kappa shape index (κ3) is 2.98. The van der Waals surface area contributed by atoms with E-state index in [9.17, 15) is 9.90 Å². The predicted molar refractivity (Wildman–Crippen MR) is 62.5 cm³/mol. The van der Waals surface area contributed by atoms with Gasteiger partial charge in [0.2, 0.25) is 0 Å². The van der Waals surface area contributed by atoms with Gasteiger partial charge >= 0.3 is 5.97 Å². The number of rotatable bonds is 5. The van der Waals surface area contributed by atoms with Crippen molar-refractivity contribution in [2.24, 2.45) is 0 Å². The van der Waals surface area contributed by atoms with E-state index >= 15 is 0 Å². The highest BCUT2D eigenvalue weighted by molar-refractivity contribution is 5.84. The van der Waals surface area contributed by atoms with Gasteiger partial charge < -0.3 is 19.7 Å². The summed E-state index contributed by atoms with van der Waals surface area (Å²) in [4.78, 5) is 10.8. The van der Waals surface area contributed by atoms with Crippen molar-refractivity contribution < 1.29 is 24.5 Å². The molecule has 0 aliphatic carbocycles. The van der Waals surface area contributed by atoms with Crippen molar-refractivity contribution in [3.8, 4) is 0 Å². The molecule has 104 valence electrons. The summed E-state index contributed by atoms with van der Waals surface area (Å²) in [5.41, 5.74) is -0.156. The lowest BCUT2D eigenvalue weighted by molar-refractivity contribution is -0.165. The van der Waals surface area contributed by atoms with Gasteiger partial charge in [0.15, 0.2) is 12.0 Å². The van der Waals surface area contributed by atoms with Crippen molar-refractivity contribution in [3.05, 3.63) is 24.0 Å². The highest BCUT2D eigenvalue weighted by Gasteiger charge is 2.29. The van der Waals surface area contributed by atoms with Gasteiger partial charge in [-0.05, 0) is 13.0 Å². The summed E-state index contributed by atoms with van der Waals surface area (Å²) in [5, 5.41) is 25.4. The molecule has 0 radical (unpaired) electrons. The monoisotopic (exact) mass is 269 g/mol. The van der Waals surface area contributed by atoms with E-state index < -0.39 is 24.4 Å². The first-order valence-electron chi connectivity index (χ1n) is 5.87. The number of aliphatic hydroxyl groups is 1. The second-order valence-corrected chi connectivity index (χ2v) is 3.95. The largest absolute Gasteiger partial charge is 0.476 e. The van der Waals surface area contributed by atoms with Crippen molar-refractivity contribution in [2.45, 2.75) is 25.4 Å². The molecule has 0 bridgehead atoms. The van der Waals surface area contributed by atoms with E-state index in [1.807, 2.05) is 6.92 Å². The lowest BCUT2D eigenvalue weighted by Gasteiger charge is -2.30. The van der Waals surface area contributed by atoms with E-state index in [-0.39, 0.29) is 12.3 Å². The van der Waals surface area contributed by atoms with Gasteiger partial charge in [-0.2, -0.15) is 0 Å². The topological polar surface area (TPSA) is 107 Å². The zero-order chi connectivity index (χ0) is 13.8. The van der Waals surface area contributed by atoms with Gasteiger partial charge in [0, 0.05) is 6.61 Å². The summed E-state index contributed by atoms with van der Waals surface area (Å²) >= 11 is 0. The Kier molecular flexibility index (Phi) is 4.25. The SMILES string of the molecule is CCO[C@@H]1C=C[C@H](n2cc(C(=O)O)nn2)[C@@H](CO)O1. The molecule has 0 fully saturated rings. The third-order valence-electron chi connectivity index (χ3n) is 2.70. The fourth-order valence-electron chi connectivity index (χ4n) is 1.82. The number of nitrogens with zero attached hydrogens (tertiary/aromatic N) is 3. The number of hydrogen-bond acceptors (Lipinski definition) is 6.